The van der Waals surface area contributed by atoms with E-state index in [4.69, 9.17) is 0 Å². The van der Waals surface area contributed by atoms with Crippen molar-refractivity contribution in [3.63, 3.8) is 0 Å². The van der Waals surface area contributed by atoms with E-state index in [2.05, 4.69) is 6.92 Å². The van der Waals surface area contributed by atoms with Crippen LogP contribution < -0.4 is 0 Å². The molecule has 0 nitrogen and oxygen atoms in total. The van der Waals surface area contributed by atoms with E-state index in [1.807, 2.05) is 13.0 Å². The quantitative estimate of drug-likeness (QED) is 0.558. The lowest BCUT2D eigenvalue weighted by atomic mass is 10.1. The van der Waals surface area contributed by atoms with E-state index in [9.17, 15) is 4.39 Å². The van der Waals surface area contributed by atoms with Crippen LogP contribution in [0.5, 0.6) is 0 Å². The van der Waals surface area contributed by atoms with Crippen molar-refractivity contribution in [1.82, 2.24) is 0 Å². The predicted octanol–water partition coefficient (Wildman–Crippen LogP) is 2.57. The molecule has 0 atom stereocenters. The van der Waals surface area contributed by atoms with Gasteiger partial charge in [0.2, 0.25) is 0 Å². The molecule has 0 fully saturated rings. The molecule has 0 amide bonds. The molecule has 10 heavy (non-hydrogen) atoms. The van der Waals surface area contributed by atoms with Gasteiger partial charge in [-0.1, -0.05) is 25.1 Å². The fourth-order valence-electron chi connectivity index (χ4n) is 0.906. The summed E-state index contributed by atoms with van der Waals surface area (Å²) in [4.78, 5) is 0. The van der Waals surface area contributed by atoms with Gasteiger partial charge in [0.15, 0.2) is 0 Å². The molecule has 0 saturated heterocycles. The van der Waals surface area contributed by atoms with E-state index in [0.717, 1.165) is 12.0 Å². The molecular weight excluding hydrogens is 127 g/mol. The molecule has 0 saturated carbocycles. The Balaban J connectivity index is 3.14. The zero-order chi connectivity index (χ0) is 7.56. The molecule has 0 bridgehead atoms. The van der Waals surface area contributed by atoms with Gasteiger partial charge in [0.1, 0.15) is 5.82 Å². The average molecular weight is 137 g/mol. The van der Waals surface area contributed by atoms with Gasteiger partial charge in [0.05, 0.1) is 0 Å². The minimum Gasteiger partial charge on any atom is -0.206 e. The fraction of sp³-hybridized carbons (Fsp3) is 0.222. The zero-order valence-electron chi connectivity index (χ0n) is 6.02. The molecule has 0 aromatic heterocycles. The Morgan fingerprint density at radius 1 is 1.50 bits per heavy atom. The van der Waals surface area contributed by atoms with Crippen LogP contribution in [0, 0.1) is 12.7 Å². The van der Waals surface area contributed by atoms with Crippen LogP contribution in [0.15, 0.2) is 18.2 Å². The number of benzene rings is 1. The molecule has 0 aliphatic carbocycles. The van der Waals surface area contributed by atoms with E-state index in [0.29, 0.717) is 5.56 Å². The van der Waals surface area contributed by atoms with Gasteiger partial charge in [-0.2, -0.15) is 0 Å². The van der Waals surface area contributed by atoms with Crippen LogP contribution in [0.1, 0.15) is 18.1 Å². The Hall–Kier alpha value is -0.850. The van der Waals surface area contributed by atoms with Crippen LogP contribution in [0.25, 0.3) is 0 Å². The Bertz CT molecular complexity index is 228. The number of hydrogen-bond donors (Lipinski definition) is 0. The predicted molar refractivity (Wildman–Crippen MR) is 40.2 cm³/mol. The second kappa shape index (κ2) is 2.82. The maximum atomic E-state index is 12.9. The number of hydrogen-bond acceptors (Lipinski definition) is 0. The molecule has 1 radical (unpaired) electrons. The highest BCUT2D eigenvalue weighted by Gasteiger charge is 2.00. The lowest BCUT2D eigenvalue weighted by Gasteiger charge is -2.00. The molecule has 53 valence electrons. The van der Waals surface area contributed by atoms with Crippen molar-refractivity contribution in [1.29, 1.82) is 0 Å². The Morgan fingerprint density at radius 2 is 2.20 bits per heavy atom. The van der Waals surface area contributed by atoms with E-state index in [1.165, 1.54) is 0 Å². The van der Waals surface area contributed by atoms with E-state index in [1.54, 1.807) is 12.1 Å². The lowest BCUT2D eigenvalue weighted by Crippen LogP contribution is -1.89. The molecule has 1 rings (SSSR count). The highest BCUT2D eigenvalue weighted by atomic mass is 19.1. The summed E-state index contributed by atoms with van der Waals surface area (Å²) in [6.45, 7) is 5.48. The van der Waals surface area contributed by atoms with Crippen LogP contribution in [0.4, 0.5) is 4.39 Å². The number of halogens is 1. The number of aryl methyl sites for hydroxylation is 1. The van der Waals surface area contributed by atoms with Crippen LogP contribution in [0.3, 0.4) is 0 Å². The average Bonchev–Trinajstić information content (AvgIpc) is 1.95. The minimum absolute atomic E-state index is 0.162. The Labute approximate surface area is 60.7 Å². The first-order chi connectivity index (χ1) is 4.75. The summed E-state index contributed by atoms with van der Waals surface area (Å²) in [5.74, 6) is -0.162. The molecule has 0 spiro atoms. The van der Waals surface area contributed by atoms with Crippen molar-refractivity contribution in [3.8, 4) is 0 Å². The SMILES string of the molecule is [CH2]c1cccc(CC)c1F. The van der Waals surface area contributed by atoms with E-state index in [-0.39, 0.29) is 5.82 Å². The molecule has 0 aliphatic rings. The van der Waals surface area contributed by atoms with Crippen molar-refractivity contribution in [2.45, 2.75) is 13.3 Å². The lowest BCUT2D eigenvalue weighted by molar-refractivity contribution is 0.607. The van der Waals surface area contributed by atoms with Gasteiger partial charge in [0.25, 0.3) is 0 Å². The molecule has 0 N–H and O–H groups in total. The van der Waals surface area contributed by atoms with Crippen molar-refractivity contribution in [3.05, 3.63) is 42.1 Å². The molecule has 0 heterocycles. The molecule has 0 aliphatic heterocycles. The van der Waals surface area contributed by atoms with Gasteiger partial charge in [-0.05, 0) is 24.5 Å². The van der Waals surface area contributed by atoms with Crippen LogP contribution in [-0.2, 0) is 6.42 Å². The highest BCUT2D eigenvalue weighted by molar-refractivity contribution is 5.27. The van der Waals surface area contributed by atoms with Crippen LogP contribution in [0.2, 0.25) is 0 Å². The van der Waals surface area contributed by atoms with Gasteiger partial charge in [-0.3, -0.25) is 0 Å². The van der Waals surface area contributed by atoms with E-state index >= 15 is 0 Å². The second-order valence-electron chi connectivity index (χ2n) is 2.24. The summed E-state index contributed by atoms with van der Waals surface area (Å²) in [5.41, 5.74) is 1.23. The maximum absolute atomic E-state index is 12.9. The summed E-state index contributed by atoms with van der Waals surface area (Å²) < 4.78 is 12.9. The highest BCUT2D eigenvalue weighted by Crippen LogP contribution is 2.11. The van der Waals surface area contributed by atoms with Crippen molar-refractivity contribution in [2.24, 2.45) is 0 Å². The van der Waals surface area contributed by atoms with Crippen molar-refractivity contribution in [2.75, 3.05) is 0 Å². The zero-order valence-corrected chi connectivity index (χ0v) is 6.02. The van der Waals surface area contributed by atoms with Crippen LogP contribution in [-0.4, -0.2) is 0 Å². The van der Waals surface area contributed by atoms with Gasteiger partial charge in [0, 0.05) is 0 Å². The topological polar surface area (TPSA) is 0 Å². The van der Waals surface area contributed by atoms with E-state index < -0.39 is 0 Å². The molecule has 1 aromatic rings. The summed E-state index contributed by atoms with van der Waals surface area (Å²) in [6.07, 6.45) is 0.731. The second-order valence-corrected chi connectivity index (χ2v) is 2.24. The van der Waals surface area contributed by atoms with Gasteiger partial charge < -0.3 is 0 Å². The normalized spacial score (nSPS) is 9.90. The summed E-state index contributed by atoms with van der Waals surface area (Å²) >= 11 is 0. The third-order valence-electron chi connectivity index (χ3n) is 1.54. The summed E-state index contributed by atoms with van der Waals surface area (Å²) in [7, 11) is 0. The molecule has 0 unspecified atom stereocenters. The monoisotopic (exact) mass is 137 g/mol. The molecular formula is C9H10F. The van der Waals surface area contributed by atoms with Gasteiger partial charge in [-0.15, -0.1) is 0 Å². The van der Waals surface area contributed by atoms with Gasteiger partial charge >= 0.3 is 0 Å². The third-order valence-corrected chi connectivity index (χ3v) is 1.54. The summed E-state index contributed by atoms with van der Waals surface area (Å²) in [5, 5.41) is 0. The molecule has 1 heteroatoms. The summed E-state index contributed by atoms with van der Waals surface area (Å²) in [6, 6.07) is 5.28. The fourth-order valence-corrected chi connectivity index (χ4v) is 0.906. The minimum atomic E-state index is -0.162. The van der Waals surface area contributed by atoms with Gasteiger partial charge in [-0.25, -0.2) is 4.39 Å². The Kier molecular flexibility index (Phi) is 2.05. The number of rotatable bonds is 1. The largest absolute Gasteiger partial charge is 0.206 e. The van der Waals surface area contributed by atoms with Crippen molar-refractivity contribution < 1.29 is 4.39 Å². The maximum Gasteiger partial charge on any atom is 0.129 e. The third kappa shape index (κ3) is 1.18. The smallest absolute Gasteiger partial charge is 0.129 e. The Morgan fingerprint density at radius 3 is 2.70 bits per heavy atom. The molecule has 1 aromatic carbocycles. The first-order valence-electron chi connectivity index (χ1n) is 3.35. The van der Waals surface area contributed by atoms with Crippen molar-refractivity contribution >= 4 is 0 Å². The standard InChI is InChI=1S/C9H10F/c1-3-8-6-4-5-7(2)9(8)10/h4-6H,2-3H2,1H3. The van der Waals surface area contributed by atoms with Crippen LogP contribution >= 0.6 is 0 Å². The first-order valence-corrected chi connectivity index (χ1v) is 3.35. The first kappa shape index (κ1) is 7.26.